The predicted molar refractivity (Wildman–Crippen MR) is 84.6 cm³/mol. The molecule has 1 saturated heterocycles. The lowest BCUT2D eigenvalue weighted by molar-refractivity contribution is -0.137. The third-order valence-corrected chi connectivity index (χ3v) is 3.67. The van der Waals surface area contributed by atoms with Gasteiger partial charge in [0.05, 0.1) is 18.9 Å². The van der Waals surface area contributed by atoms with Gasteiger partial charge >= 0.3 is 0 Å². The van der Waals surface area contributed by atoms with E-state index < -0.39 is 5.91 Å². The minimum Gasteiger partial charge on any atom is -0.378 e. The Bertz CT molecular complexity index is 607. The normalized spacial score (nSPS) is 14.3. The first-order valence-electron chi connectivity index (χ1n) is 7.90. The van der Waals surface area contributed by atoms with Gasteiger partial charge < -0.3 is 9.64 Å². The first-order chi connectivity index (χ1) is 11.5. The Balaban J connectivity index is 1.66. The summed E-state index contributed by atoms with van der Waals surface area (Å²) in [5.74, 6) is -0.866. The summed E-state index contributed by atoms with van der Waals surface area (Å²) < 4.78 is 6.73. The van der Waals surface area contributed by atoms with Gasteiger partial charge in [-0.3, -0.25) is 29.9 Å². The van der Waals surface area contributed by atoms with Crippen LogP contribution in [0, 0.1) is 13.8 Å². The molecule has 0 aliphatic carbocycles. The molecule has 0 saturated carbocycles. The van der Waals surface area contributed by atoms with E-state index in [4.69, 9.17) is 4.74 Å². The Morgan fingerprint density at radius 2 is 1.79 bits per heavy atom. The number of aryl methyl sites for hydroxylation is 2. The number of nitrogens with one attached hydrogen (secondary N) is 2. The summed E-state index contributed by atoms with van der Waals surface area (Å²) in [7, 11) is 0. The minimum atomic E-state index is -0.404. The maximum atomic E-state index is 11.9. The maximum Gasteiger partial charge on any atom is 0.260 e. The van der Waals surface area contributed by atoms with Crippen LogP contribution in [0.5, 0.6) is 0 Å². The van der Waals surface area contributed by atoms with Crippen LogP contribution in [0.1, 0.15) is 24.2 Å². The molecule has 1 fully saturated rings. The van der Waals surface area contributed by atoms with Crippen molar-refractivity contribution in [1.82, 2.24) is 25.5 Å². The third-order valence-electron chi connectivity index (χ3n) is 3.67. The summed E-state index contributed by atoms with van der Waals surface area (Å²) in [6.45, 7) is 5.88. The van der Waals surface area contributed by atoms with Gasteiger partial charge in [0.25, 0.3) is 5.91 Å². The van der Waals surface area contributed by atoms with E-state index in [1.165, 1.54) is 0 Å². The molecule has 0 bridgehead atoms. The second-order valence-corrected chi connectivity index (χ2v) is 5.67. The van der Waals surface area contributed by atoms with E-state index in [2.05, 4.69) is 16.0 Å². The summed E-state index contributed by atoms with van der Waals surface area (Å²) in [4.78, 5) is 37.1. The summed E-state index contributed by atoms with van der Waals surface area (Å²) in [6, 6.07) is 1.86. The van der Waals surface area contributed by atoms with Crippen LogP contribution in [0.3, 0.4) is 0 Å². The Kier molecular flexibility index (Phi) is 6.30. The standard InChI is InChI=1S/C15H23N5O4/c1-11-9-12(2)20(18-11)10-14(22)17-16-13(21)3-4-15(23)19-5-7-24-8-6-19/h9H,3-8,10H2,1-2H3,(H,16,21)(H,17,22). The van der Waals surface area contributed by atoms with Gasteiger partial charge in [0.1, 0.15) is 6.54 Å². The first kappa shape index (κ1) is 17.9. The molecule has 3 amide bonds. The Hall–Kier alpha value is -2.42. The third kappa shape index (κ3) is 5.34. The van der Waals surface area contributed by atoms with Crippen LogP contribution in [0.15, 0.2) is 6.07 Å². The minimum absolute atomic E-state index is 0.0205. The summed E-state index contributed by atoms with van der Waals surface area (Å²) in [5.41, 5.74) is 6.33. The van der Waals surface area contributed by atoms with Crippen molar-refractivity contribution in [2.24, 2.45) is 0 Å². The largest absolute Gasteiger partial charge is 0.378 e. The molecule has 1 aliphatic heterocycles. The molecular formula is C15H23N5O4. The molecule has 132 valence electrons. The van der Waals surface area contributed by atoms with Crippen molar-refractivity contribution in [3.05, 3.63) is 17.5 Å². The molecule has 1 aromatic heterocycles. The van der Waals surface area contributed by atoms with Gasteiger partial charge in [0.2, 0.25) is 11.8 Å². The monoisotopic (exact) mass is 337 g/mol. The lowest BCUT2D eigenvalue weighted by Crippen LogP contribution is -2.44. The molecule has 24 heavy (non-hydrogen) atoms. The van der Waals surface area contributed by atoms with Crippen molar-refractivity contribution in [3.8, 4) is 0 Å². The van der Waals surface area contributed by atoms with Crippen LogP contribution in [-0.2, 0) is 25.7 Å². The average Bonchev–Trinajstić information content (AvgIpc) is 2.88. The fraction of sp³-hybridized carbons (Fsp3) is 0.600. The zero-order valence-electron chi connectivity index (χ0n) is 14.0. The molecule has 1 aromatic rings. The SMILES string of the molecule is Cc1cc(C)n(CC(=O)NNC(=O)CCC(=O)N2CCOCC2)n1. The molecule has 2 N–H and O–H groups in total. The van der Waals surface area contributed by atoms with Gasteiger partial charge in [-0.05, 0) is 19.9 Å². The molecule has 9 nitrogen and oxygen atoms in total. The number of hydrazine groups is 1. The van der Waals surface area contributed by atoms with Crippen molar-refractivity contribution in [2.45, 2.75) is 33.2 Å². The number of hydrogen-bond acceptors (Lipinski definition) is 5. The summed E-state index contributed by atoms with van der Waals surface area (Å²) in [5, 5.41) is 4.17. The average molecular weight is 337 g/mol. The van der Waals surface area contributed by atoms with Crippen molar-refractivity contribution in [2.75, 3.05) is 26.3 Å². The summed E-state index contributed by atoms with van der Waals surface area (Å²) >= 11 is 0. The predicted octanol–water partition coefficient (Wildman–Crippen LogP) is -0.714. The lowest BCUT2D eigenvalue weighted by atomic mass is 10.2. The number of aromatic nitrogens is 2. The highest BCUT2D eigenvalue weighted by Gasteiger charge is 2.17. The number of amides is 3. The second kappa shape index (κ2) is 8.44. The molecule has 0 radical (unpaired) electrons. The molecule has 0 atom stereocenters. The fourth-order valence-corrected chi connectivity index (χ4v) is 2.40. The first-order valence-corrected chi connectivity index (χ1v) is 7.90. The van der Waals surface area contributed by atoms with Crippen molar-refractivity contribution in [1.29, 1.82) is 0 Å². The van der Waals surface area contributed by atoms with E-state index in [-0.39, 0.29) is 31.2 Å². The van der Waals surface area contributed by atoms with Crippen molar-refractivity contribution in [3.63, 3.8) is 0 Å². The molecule has 0 spiro atoms. The number of hydrogen-bond donors (Lipinski definition) is 2. The highest BCUT2D eigenvalue weighted by molar-refractivity contribution is 5.85. The van der Waals surface area contributed by atoms with E-state index >= 15 is 0 Å². The van der Waals surface area contributed by atoms with E-state index in [9.17, 15) is 14.4 Å². The van der Waals surface area contributed by atoms with Gasteiger partial charge in [-0.15, -0.1) is 0 Å². The number of morpholine rings is 1. The molecule has 2 rings (SSSR count). The molecule has 2 heterocycles. The van der Waals surface area contributed by atoms with Crippen LogP contribution in [0.4, 0.5) is 0 Å². The zero-order chi connectivity index (χ0) is 17.5. The van der Waals surface area contributed by atoms with Crippen LogP contribution < -0.4 is 10.9 Å². The molecule has 1 aliphatic rings. The quantitative estimate of drug-likeness (QED) is 0.690. The van der Waals surface area contributed by atoms with Gasteiger partial charge in [0.15, 0.2) is 0 Å². The Morgan fingerprint density at radius 1 is 1.12 bits per heavy atom. The van der Waals surface area contributed by atoms with E-state index in [0.717, 1.165) is 11.4 Å². The fourth-order valence-electron chi connectivity index (χ4n) is 2.40. The van der Waals surface area contributed by atoms with Gasteiger partial charge in [0, 0.05) is 31.6 Å². The molecule has 0 aromatic carbocycles. The van der Waals surface area contributed by atoms with Crippen LogP contribution in [0.25, 0.3) is 0 Å². The van der Waals surface area contributed by atoms with E-state index in [1.807, 2.05) is 19.9 Å². The molecule has 0 unspecified atom stereocenters. The van der Waals surface area contributed by atoms with Gasteiger partial charge in [-0.1, -0.05) is 0 Å². The zero-order valence-corrected chi connectivity index (χ0v) is 14.0. The highest BCUT2D eigenvalue weighted by atomic mass is 16.5. The smallest absolute Gasteiger partial charge is 0.260 e. The number of nitrogens with zero attached hydrogens (tertiary/aromatic N) is 3. The number of carbonyl (C=O) groups excluding carboxylic acids is 3. The van der Waals surface area contributed by atoms with Crippen LogP contribution >= 0.6 is 0 Å². The highest BCUT2D eigenvalue weighted by Crippen LogP contribution is 2.02. The lowest BCUT2D eigenvalue weighted by Gasteiger charge is -2.26. The maximum absolute atomic E-state index is 11.9. The van der Waals surface area contributed by atoms with Crippen molar-refractivity contribution < 1.29 is 19.1 Å². The molecular weight excluding hydrogens is 314 g/mol. The van der Waals surface area contributed by atoms with Crippen molar-refractivity contribution >= 4 is 17.7 Å². The second-order valence-electron chi connectivity index (χ2n) is 5.67. The van der Waals surface area contributed by atoms with Crippen LogP contribution in [0.2, 0.25) is 0 Å². The van der Waals surface area contributed by atoms with Gasteiger partial charge in [-0.25, -0.2) is 0 Å². The van der Waals surface area contributed by atoms with Crippen LogP contribution in [-0.4, -0.2) is 58.7 Å². The van der Waals surface area contributed by atoms with E-state index in [0.29, 0.717) is 26.3 Å². The topological polar surface area (TPSA) is 106 Å². The number of carbonyl (C=O) groups is 3. The number of ether oxygens (including phenoxy) is 1. The number of rotatable bonds is 5. The molecule has 9 heteroatoms. The Labute approximate surface area is 140 Å². The Morgan fingerprint density at radius 3 is 2.42 bits per heavy atom. The summed E-state index contributed by atoms with van der Waals surface area (Å²) in [6.07, 6.45) is 0.134. The van der Waals surface area contributed by atoms with E-state index in [1.54, 1.807) is 9.58 Å². The van der Waals surface area contributed by atoms with Gasteiger partial charge in [-0.2, -0.15) is 5.10 Å².